The van der Waals surface area contributed by atoms with Gasteiger partial charge in [-0.2, -0.15) is 0 Å². The molecule has 0 spiro atoms. The van der Waals surface area contributed by atoms with Crippen molar-refractivity contribution < 1.29 is 9.66 Å². The fourth-order valence-corrected chi connectivity index (χ4v) is 1.49. The lowest BCUT2D eigenvalue weighted by molar-refractivity contribution is -0.385. The van der Waals surface area contributed by atoms with Crippen LogP contribution in [0.25, 0.3) is 0 Å². The number of rotatable bonds is 4. The summed E-state index contributed by atoms with van der Waals surface area (Å²) >= 11 is 0. The quantitative estimate of drug-likeness (QED) is 0.611. The van der Waals surface area contributed by atoms with Gasteiger partial charge in [-0.15, -0.1) is 0 Å². The van der Waals surface area contributed by atoms with Crippen LogP contribution in [0.4, 0.5) is 5.69 Å². The first-order valence-corrected chi connectivity index (χ1v) is 5.56. The Morgan fingerprint density at radius 1 is 1.33 bits per heavy atom. The van der Waals surface area contributed by atoms with Crippen molar-refractivity contribution >= 4 is 5.69 Å². The predicted octanol–water partition coefficient (Wildman–Crippen LogP) is 3.34. The van der Waals surface area contributed by atoms with E-state index in [2.05, 4.69) is 11.9 Å². The van der Waals surface area contributed by atoms with Crippen molar-refractivity contribution in [2.75, 3.05) is 0 Å². The third kappa shape index (κ3) is 2.82. The van der Waals surface area contributed by atoms with Gasteiger partial charge in [0.2, 0.25) is 5.88 Å². The molecule has 2 rings (SSSR count). The lowest BCUT2D eigenvalue weighted by Gasteiger charge is -2.05. The minimum atomic E-state index is -0.492. The van der Waals surface area contributed by atoms with Crippen LogP contribution < -0.4 is 4.74 Å². The lowest BCUT2D eigenvalue weighted by atomic mass is 10.2. The largest absolute Gasteiger partial charge is 0.439 e. The minimum absolute atomic E-state index is 0.0512. The van der Waals surface area contributed by atoms with E-state index in [4.69, 9.17) is 4.74 Å². The summed E-state index contributed by atoms with van der Waals surface area (Å²) in [4.78, 5) is 13.9. The fraction of sp³-hybridized carbons (Fsp3) is 0.154. The molecule has 0 amide bonds. The van der Waals surface area contributed by atoms with Gasteiger partial charge in [0.25, 0.3) is 5.69 Å². The average molecular weight is 244 g/mol. The van der Waals surface area contributed by atoms with Gasteiger partial charge in [0, 0.05) is 12.1 Å². The molecule has 5 heteroatoms. The van der Waals surface area contributed by atoms with Crippen molar-refractivity contribution in [2.45, 2.75) is 13.3 Å². The molecule has 0 saturated heterocycles. The monoisotopic (exact) mass is 244 g/mol. The molecule has 0 atom stereocenters. The Balaban J connectivity index is 2.15. The molecule has 1 aromatic heterocycles. The van der Waals surface area contributed by atoms with Gasteiger partial charge in [-0.25, -0.2) is 4.98 Å². The van der Waals surface area contributed by atoms with E-state index in [0.717, 1.165) is 12.0 Å². The Labute approximate surface area is 104 Å². The van der Waals surface area contributed by atoms with Crippen LogP contribution in [0.5, 0.6) is 11.6 Å². The summed E-state index contributed by atoms with van der Waals surface area (Å²) in [5.74, 6) is 1.02. The van der Waals surface area contributed by atoms with Gasteiger partial charge in [0.1, 0.15) is 11.9 Å². The third-order valence-corrected chi connectivity index (χ3v) is 2.46. The van der Waals surface area contributed by atoms with Crippen molar-refractivity contribution in [2.24, 2.45) is 0 Å². The summed E-state index contributed by atoms with van der Waals surface area (Å²) in [6.07, 6.45) is 2.10. The molecule has 0 radical (unpaired) electrons. The molecule has 5 nitrogen and oxygen atoms in total. The van der Waals surface area contributed by atoms with Crippen molar-refractivity contribution in [1.29, 1.82) is 0 Å². The number of aryl methyl sites for hydroxylation is 1. The molecule has 0 aliphatic carbocycles. The molecule has 0 aliphatic rings. The number of nitrogens with zero attached hydrogens (tertiary/aromatic N) is 2. The molecule has 0 fully saturated rings. The van der Waals surface area contributed by atoms with Crippen LogP contribution in [-0.2, 0) is 6.42 Å². The first-order chi connectivity index (χ1) is 8.69. The highest BCUT2D eigenvalue weighted by molar-refractivity contribution is 5.34. The maximum absolute atomic E-state index is 10.5. The van der Waals surface area contributed by atoms with Crippen LogP contribution in [0.3, 0.4) is 0 Å². The summed E-state index contributed by atoms with van der Waals surface area (Å²) in [6, 6.07) is 10.5. The second-order valence-electron chi connectivity index (χ2n) is 3.71. The molecule has 0 unspecified atom stereocenters. The molecular weight excluding hydrogens is 232 g/mol. The van der Waals surface area contributed by atoms with E-state index in [9.17, 15) is 10.1 Å². The highest BCUT2D eigenvalue weighted by atomic mass is 16.6. The summed E-state index contributed by atoms with van der Waals surface area (Å²) in [6.45, 7) is 2.06. The summed E-state index contributed by atoms with van der Waals surface area (Å²) in [5, 5.41) is 10.5. The Morgan fingerprint density at radius 3 is 2.78 bits per heavy atom. The topological polar surface area (TPSA) is 65.3 Å². The van der Waals surface area contributed by atoms with E-state index in [-0.39, 0.29) is 5.69 Å². The van der Waals surface area contributed by atoms with Crippen molar-refractivity contribution in [3.8, 4) is 11.6 Å². The first-order valence-electron chi connectivity index (χ1n) is 5.56. The minimum Gasteiger partial charge on any atom is -0.439 e. The standard InChI is InChI=1S/C13H12N2O3/c1-2-10-4-3-5-12(8-10)18-13-7-6-11(9-14-13)15(16)17/h3-9H,2H2,1H3. The Hall–Kier alpha value is -2.43. The van der Waals surface area contributed by atoms with Crippen molar-refractivity contribution in [3.05, 3.63) is 58.3 Å². The van der Waals surface area contributed by atoms with Gasteiger partial charge < -0.3 is 4.74 Å². The van der Waals surface area contributed by atoms with Crippen molar-refractivity contribution in [3.63, 3.8) is 0 Å². The number of ether oxygens (including phenoxy) is 1. The predicted molar refractivity (Wildman–Crippen MR) is 66.8 cm³/mol. The smallest absolute Gasteiger partial charge is 0.287 e. The number of hydrogen-bond donors (Lipinski definition) is 0. The van der Waals surface area contributed by atoms with Gasteiger partial charge in [0.15, 0.2) is 0 Å². The zero-order valence-corrected chi connectivity index (χ0v) is 9.87. The molecule has 0 bridgehead atoms. The van der Waals surface area contributed by atoms with E-state index in [1.165, 1.54) is 18.3 Å². The molecular formula is C13H12N2O3. The Morgan fingerprint density at radius 2 is 2.17 bits per heavy atom. The molecule has 2 aromatic rings. The van der Waals surface area contributed by atoms with Gasteiger partial charge in [-0.05, 0) is 24.1 Å². The molecule has 92 valence electrons. The number of aromatic nitrogens is 1. The third-order valence-electron chi connectivity index (χ3n) is 2.46. The van der Waals surface area contributed by atoms with E-state index < -0.39 is 4.92 Å². The Bertz CT molecular complexity index is 552. The highest BCUT2D eigenvalue weighted by Gasteiger charge is 2.06. The van der Waals surface area contributed by atoms with Gasteiger partial charge in [-0.1, -0.05) is 19.1 Å². The maximum Gasteiger partial charge on any atom is 0.287 e. The van der Waals surface area contributed by atoms with Crippen LogP contribution in [0.1, 0.15) is 12.5 Å². The molecule has 1 aromatic carbocycles. The zero-order valence-electron chi connectivity index (χ0n) is 9.87. The SMILES string of the molecule is CCc1cccc(Oc2ccc([N+](=O)[O-])cn2)c1. The average Bonchev–Trinajstić information content (AvgIpc) is 2.39. The maximum atomic E-state index is 10.5. The van der Waals surface area contributed by atoms with Crippen LogP contribution in [0, 0.1) is 10.1 Å². The molecule has 0 aliphatic heterocycles. The number of benzene rings is 1. The van der Waals surface area contributed by atoms with Crippen LogP contribution >= 0.6 is 0 Å². The number of hydrogen-bond acceptors (Lipinski definition) is 4. The number of pyridine rings is 1. The van der Waals surface area contributed by atoms with E-state index in [1.54, 1.807) is 0 Å². The van der Waals surface area contributed by atoms with Gasteiger partial charge >= 0.3 is 0 Å². The normalized spacial score (nSPS) is 10.1. The van der Waals surface area contributed by atoms with Crippen LogP contribution in [-0.4, -0.2) is 9.91 Å². The lowest BCUT2D eigenvalue weighted by Crippen LogP contribution is -1.92. The first kappa shape index (κ1) is 12.0. The highest BCUT2D eigenvalue weighted by Crippen LogP contribution is 2.22. The molecule has 0 saturated carbocycles. The van der Waals surface area contributed by atoms with Crippen molar-refractivity contribution in [1.82, 2.24) is 4.98 Å². The van der Waals surface area contributed by atoms with Crippen LogP contribution in [0.15, 0.2) is 42.6 Å². The summed E-state index contributed by atoms with van der Waals surface area (Å²) in [5.41, 5.74) is 1.11. The van der Waals surface area contributed by atoms with Gasteiger partial charge in [0.05, 0.1) is 4.92 Å². The molecule has 1 heterocycles. The fourth-order valence-electron chi connectivity index (χ4n) is 1.49. The van der Waals surface area contributed by atoms with E-state index in [0.29, 0.717) is 11.6 Å². The van der Waals surface area contributed by atoms with E-state index in [1.807, 2.05) is 24.3 Å². The summed E-state index contributed by atoms with van der Waals surface area (Å²) < 4.78 is 5.52. The summed E-state index contributed by atoms with van der Waals surface area (Å²) in [7, 11) is 0. The molecule has 0 N–H and O–H groups in total. The zero-order chi connectivity index (χ0) is 13.0. The molecule has 18 heavy (non-hydrogen) atoms. The van der Waals surface area contributed by atoms with Gasteiger partial charge in [-0.3, -0.25) is 10.1 Å². The Kier molecular flexibility index (Phi) is 3.52. The van der Waals surface area contributed by atoms with E-state index >= 15 is 0 Å². The van der Waals surface area contributed by atoms with Crippen LogP contribution in [0.2, 0.25) is 0 Å². The number of nitro groups is 1. The second kappa shape index (κ2) is 5.27. The second-order valence-corrected chi connectivity index (χ2v) is 3.71.